The van der Waals surface area contributed by atoms with Gasteiger partial charge in [-0.05, 0) is 49.4 Å². The Hall–Kier alpha value is -0.0400. The maximum absolute atomic E-state index is 6.49. The molecule has 2 bridgehead atoms. The summed E-state index contributed by atoms with van der Waals surface area (Å²) in [4.78, 5) is 0. The van der Waals surface area contributed by atoms with Crippen molar-refractivity contribution >= 4 is 0 Å². The van der Waals surface area contributed by atoms with Crippen molar-refractivity contribution in [2.24, 2.45) is 29.4 Å². The van der Waals surface area contributed by atoms with Gasteiger partial charge in [-0.15, -0.1) is 0 Å². The van der Waals surface area contributed by atoms with Crippen LogP contribution in [0.25, 0.3) is 0 Å². The fourth-order valence-corrected chi connectivity index (χ4v) is 4.25. The smallest absolute Gasteiger partial charge is 0.0218 e. The summed E-state index contributed by atoms with van der Waals surface area (Å²) in [6.45, 7) is 2.30. The van der Waals surface area contributed by atoms with Gasteiger partial charge in [-0.1, -0.05) is 19.8 Å². The minimum atomic E-state index is 0.300. The molecule has 0 amide bonds. The summed E-state index contributed by atoms with van der Waals surface area (Å²) in [6, 6.07) is 0. The molecular weight excluding hydrogens is 158 g/mol. The molecule has 74 valence electrons. The standard InChI is InChI=1S/C12H21N/c1-2-10-7-12(10,13)11-6-8-3-4-9(11)5-8/h8-11H,2-7,13H2,1H3. The lowest BCUT2D eigenvalue weighted by molar-refractivity contribution is 0.253. The van der Waals surface area contributed by atoms with Crippen molar-refractivity contribution in [3.8, 4) is 0 Å². The molecular formula is C12H21N. The molecule has 1 heteroatoms. The zero-order chi connectivity index (χ0) is 9.05. The average molecular weight is 179 g/mol. The number of nitrogens with two attached hydrogens (primary N) is 1. The van der Waals surface area contributed by atoms with E-state index in [1.54, 1.807) is 0 Å². The Bertz CT molecular complexity index is 225. The van der Waals surface area contributed by atoms with Crippen molar-refractivity contribution in [1.29, 1.82) is 0 Å². The lowest BCUT2D eigenvalue weighted by Gasteiger charge is -2.28. The lowest BCUT2D eigenvalue weighted by Crippen LogP contribution is -2.38. The predicted octanol–water partition coefficient (Wildman–Crippen LogP) is 2.55. The number of hydrogen-bond donors (Lipinski definition) is 1. The van der Waals surface area contributed by atoms with Crippen LogP contribution in [0.4, 0.5) is 0 Å². The lowest BCUT2D eigenvalue weighted by atomic mass is 9.80. The van der Waals surface area contributed by atoms with Gasteiger partial charge in [-0.3, -0.25) is 0 Å². The van der Waals surface area contributed by atoms with E-state index in [9.17, 15) is 0 Å². The Kier molecular flexibility index (Phi) is 1.59. The fraction of sp³-hybridized carbons (Fsp3) is 1.00. The molecule has 5 atom stereocenters. The molecule has 0 spiro atoms. The molecule has 3 saturated carbocycles. The highest BCUT2D eigenvalue weighted by molar-refractivity contribution is 5.15. The second-order valence-electron chi connectivity index (χ2n) is 5.70. The second-order valence-corrected chi connectivity index (χ2v) is 5.70. The molecule has 0 saturated heterocycles. The summed E-state index contributed by atoms with van der Waals surface area (Å²) in [5.41, 5.74) is 6.79. The van der Waals surface area contributed by atoms with E-state index >= 15 is 0 Å². The van der Waals surface area contributed by atoms with Crippen molar-refractivity contribution in [2.45, 2.75) is 51.0 Å². The van der Waals surface area contributed by atoms with E-state index in [1.807, 2.05) is 0 Å². The van der Waals surface area contributed by atoms with Gasteiger partial charge in [0.1, 0.15) is 0 Å². The second kappa shape index (κ2) is 2.50. The van der Waals surface area contributed by atoms with Gasteiger partial charge in [0.2, 0.25) is 0 Å². The predicted molar refractivity (Wildman–Crippen MR) is 54.3 cm³/mol. The highest BCUT2D eigenvalue weighted by Crippen LogP contribution is 2.60. The Labute approximate surface area is 81.1 Å². The number of fused-ring (bicyclic) bond motifs is 2. The van der Waals surface area contributed by atoms with Gasteiger partial charge in [0.25, 0.3) is 0 Å². The van der Waals surface area contributed by atoms with E-state index in [1.165, 1.54) is 38.5 Å². The summed E-state index contributed by atoms with van der Waals surface area (Å²) in [7, 11) is 0. The normalized spacial score (nSPS) is 58.6. The minimum absolute atomic E-state index is 0.300. The van der Waals surface area contributed by atoms with Crippen LogP contribution in [0.3, 0.4) is 0 Å². The molecule has 0 aromatic heterocycles. The molecule has 3 fully saturated rings. The molecule has 0 aromatic carbocycles. The molecule has 0 radical (unpaired) electrons. The molecule has 1 nitrogen and oxygen atoms in total. The minimum Gasteiger partial charge on any atom is -0.325 e. The van der Waals surface area contributed by atoms with Gasteiger partial charge in [-0.25, -0.2) is 0 Å². The third-order valence-corrected chi connectivity index (χ3v) is 5.12. The van der Waals surface area contributed by atoms with Crippen LogP contribution in [0.15, 0.2) is 0 Å². The van der Waals surface area contributed by atoms with Gasteiger partial charge in [0, 0.05) is 5.54 Å². The Morgan fingerprint density at radius 3 is 2.62 bits per heavy atom. The van der Waals surface area contributed by atoms with Crippen LogP contribution in [-0.2, 0) is 0 Å². The highest BCUT2D eigenvalue weighted by atomic mass is 14.9. The summed E-state index contributed by atoms with van der Waals surface area (Å²) < 4.78 is 0. The quantitative estimate of drug-likeness (QED) is 0.692. The van der Waals surface area contributed by atoms with Crippen LogP contribution < -0.4 is 5.73 Å². The average Bonchev–Trinajstić information content (AvgIpc) is 2.57. The first-order valence-corrected chi connectivity index (χ1v) is 6.03. The number of rotatable bonds is 2. The first kappa shape index (κ1) is 8.28. The largest absolute Gasteiger partial charge is 0.325 e. The zero-order valence-corrected chi connectivity index (χ0v) is 8.63. The highest BCUT2D eigenvalue weighted by Gasteiger charge is 2.59. The van der Waals surface area contributed by atoms with Gasteiger partial charge < -0.3 is 5.73 Å². The van der Waals surface area contributed by atoms with E-state index < -0.39 is 0 Å². The third kappa shape index (κ3) is 1.03. The van der Waals surface area contributed by atoms with Crippen molar-refractivity contribution in [1.82, 2.24) is 0 Å². The Balaban J connectivity index is 1.74. The van der Waals surface area contributed by atoms with Crippen LogP contribution >= 0.6 is 0 Å². The topological polar surface area (TPSA) is 26.0 Å². The zero-order valence-electron chi connectivity index (χ0n) is 8.63. The molecule has 3 aliphatic rings. The van der Waals surface area contributed by atoms with Crippen molar-refractivity contribution < 1.29 is 0 Å². The molecule has 2 N–H and O–H groups in total. The van der Waals surface area contributed by atoms with E-state index in [0.717, 1.165) is 23.7 Å². The van der Waals surface area contributed by atoms with Crippen LogP contribution in [0.5, 0.6) is 0 Å². The van der Waals surface area contributed by atoms with Gasteiger partial charge in [0.15, 0.2) is 0 Å². The summed E-state index contributed by atoms with van der Waals surface area (Å²) in [5, 5.41) is 0. The summed E-state index contributed by atoms with van der Waals surface area (Å²) in [5.74, 6) is 3.87. The SMILES string of the molecule is CCC1CC1(N)C1CC2CCC1C2. The van der Waals surface area contributed by atoms with E-state index in [0.29, 0.717) is 5.54 Å². The molecule has 3 aliphatic carbocycles. The molecule has 13 heavy (non-hydrogen) atoms. The van der Waals surface area contributed by atoms with E-state index in [2.05, 4.69) is 6.92 Å². The molecule has 0 aromatic rings. The maximum atomic E-state index is 6.49. The third-order valence-electron chi connectivity index (χ3n) is 5.12. The first-order valence-electron chi connectivity index (χ1n) is 6.03. The van der Waals surface area contributed by atoms with Crippen molar-refractivity contribution in [3.05, 3.63) is 0 Å². The first-order chi connectivity index (χ1) is 6.24. The van der Waals surface area contributed by atoms with Crippen LogP contribution in [0.1, 0.15) is 45.4 Å². The fourth-order valence-electron chi connectivity index (χ4n) is 4.25. The molecule has 3 rings (SSSR count). The van der Waals surface area contributed by atoms with Gasteiger partial charge in [0.05, 0.1) is 0 Å². The monoisotopic (exact) mass is 179 g/mol. The summed E-state index contributed by atoms with van der Waals surface area (Å²) >= 11 is 0. The van der Waals surface area contributed by atoms with Crippen molar-refractivity contribution in [2.75, 3.05) is 0 Å². The van der Waals surface area contributed by atoms with Gasteiger partial charge >= 0.3 is 0 Å². The van der Waals surface area contributed by atoms with Crippen LogP contribution in [0.2, 0.25) is 0 Å². The molecule has 0 aliphatic heterocycles. The van der Waals surface area contributed by atoms with Crippen molar-refractivity contribution in [3.63, 3.8) is 0 Å². The van der Waals surface area contributed by atoms with Crippen LogP contribution in [-0.4, -0.2) is 5.54 Å². The Morgan fingerprint density at radius 1 is 1.31 bits per heavy atom. The molecule has 5 unspecified atom stereocenters. The maximum Gasteiger partial charge on any atom is 0.0218 e. The number of hydrogen-bond acceptors (Lipinski definition) is 1. The summed E-state index contributed by atoms with van der Waals surface area (Å²) in [6.07, 6.45) is 8.62. The molecule has 0 heterocycles. The van der Waals surface area contributed by atoms with E-state index in [4.69, 9.17) is 5.73 Å². The van der Waals surface area contributed by atoms with Crippen LogP contribution in [0, 0.1) is 23.7 Å². The van der Waals surface area contributed by atoms with Gasteiger partial charge in [-0.2, -0.15) is 0 Å². The van der Waals surface area contributed by atoms with E-state index in [-0.39, 0.29) is 0 Å². The Morgan fingerprint density at radius 2 is 2.15 bits per heavy atom.